The van der Waals surface area contributed by atoms with Crippen molar-refractivity contribution in [2.24, 2.45) is 0 Å². The summed E-state index contributed by atoms with van der Waals surface area (Å²) in [6.07, 6.45) is 1.27. The molecule has 0 radical (unpaired) electrons. The Bertz CT molecular complexity index is 510. The molecule has 0 spiro atoms. The number of rotatable bonds is 1. The summed E-state index contributed by atoms with van der Waals surface area (Å²) < 4.78 is 17.4. The number of benzene rings is 1. The van der Waals surface area contributed by atoms with Crippen LogP contribution in [0.5, 0.6) is 11.5 Å². The van der Waals surface area contributed by atoms with Gasteiger partial charge in [-0.15, -0.1) is 0 Å². The predicted octanol–water partition coefficient (Wildman–Crippen LogP) is 1.47. The van der Waals surface area contributed by atoms with Crippen LogP contribution in [0.15, 0.2) is 22.9 Å². The average molecular weight is 210 g/mol. The second-order valence-corrected chi connectivity index (χ2v) is 2.92. The van der Waals surface area contributed by atoms with Gasteiger partial charge in [0, 0.05) is 11.6 Å². The molecule has 6 heteroatoms. The summed E-state index contributed by atoms with van der Waals surface area (Å²) in [5.74, 6) is -1.86. The summed E-state index contributed by atoms with van der Waals surface area (Å²) in [6.45, 7) is 0. The number of nitrogen functional groups attached to an aromatic ring is 1. The van der Waals surface area contributed by atoms with Crippen LogP contribution in [0.2, 0.25) is 0 Å². The molecule has 2 rings (SSSR count). The van der Waals surface area contributed by atoms with Gasteiger partial charge in [-0.05, 0) is 6.07 Å². The predicted molar refractivity (Wildman–Crippen MR) is 49.6 cm³/mol. The van der Waals surface area contributed by atoms with Gasteiger partial charge in [-0.25, -0.2) is 4.39 Å². The summed E-state index contributed by atoms with van der Waals surface area (Å²) in [4.78, 5) is 0. The van der Waals surface area contributed by atoms with Crippen LogP contribution in [-0.2, 0) is 0 Å². The number of hydrogen-bond acceptors (Lipinski definition) is 5. The standard InChI is InChI=1S/C9H7FN2O3/c10-6-2-7(13)4(1-8(6)14)5-3-12-15-9(5)11/h1-3,13-14H,11H2. The van der Waals surface area contributed by atoms with Crippen LogP contribution >= 0.6 is 0 Å². The van der Waals surface area contributed by atoms with Crippen LogP contribution in [0.4, 0.5) is 10.3 Å². The van der Waals surface area contributed by atoms with Gasteiger partial charge >= 0.3 is 0 Å². The molecular weight excluding hydrogens is 203 g/mol. The normalized spacial score (nSPS) is 10.5. The van der Waals surface area contributed by atoms with E-state index in [2.05, 4.69) is 9.68 Å². The van der Waals surface area contributed by atoms with Crippen molar-refractivity contribution in [1.82, 2.24) is 5.16 Å². The first-order valence-corrected chi connectivity index (χ1v) is 4.01. The molecule has 0 bridgehead atoms. The molecule has 78 valence electrons. The number of phenols is 2. The van der Waals surface area contributed by atoms with Crippen LogP contribution in [0.25, 0.3) is 11.1 Å². The maximum Gasteiger partial charge on any atom is 0.230 e. The van der Waals surface area contributed by atoms with Crippen molar-refractivity contribution in [3.05, 3.63) is 24.1 Å². The minimum absolute atomic E-state index is 0.0173. The summed E-state index contributed by atoms with van der Waals surface area (Å²) in [6, 6.07) is 1.84. The van der Waals surface area contributed by atoms with Crippen LogP contribution in [0.3, 0.4) is 0 Å². The molecule has 15 heavy (non-hydrogen) atoms. The number of nitrogens with two attached hydrogens (primary N) is 1. The zero-order valence-electron chi connectivity index (χ0n) is 7.44. The summed E-state index contributed by atoms with van der Waals surface area (Å²) >= 11 is 0. The highest BCUT2D eigenvalue weighted by Crippen LogP contribution is 2.36. The number of nitrogens with zero attached hydrogens (tertiary/aromatic N) is 1. The van der Waals surface area contributed by atoms with E-state index < -0.39 is 11.6 Å². The van der Waals surface area contributed by atoms with Crippen LogP contribution in [-0.4, -0.2) is 15.4 Å². The van der Waals surface area contributed by atoms with Gasteiger partial charge in [-0.2, -0.15) is 0 Å². The lowest BCUT2D eigenvalue weighted by Gasteiger charge is -2.03. The quantitative estimate of drug-likeness (QED) is 0.620. The van der Waals surface area contributed by atoms with E-state index >= 15 is 0 Å². The molecule has 2 aromatic rings. The Labute approximate surface area is 83.5 Å². The molecular formula is C9H7FN2O3. The number of hydrogen-bond donors (Lipinski definition) is 3. The fourth-order valence-corrected chi connectivity index (χ4v) is 1.22. The first-order valence-electron chi connectivity index (χ1n) is 4.01. The van der Waals surface area contributed by atoms with E-state index in [1.807, 2.05) is 0 Å². The first-order chi connectivity index (χ1) is 7.09. The second-order valence-electron chi connectivity index (χ2n) is 2.92. The molecule has 0 atom stereocenters. The van der Waals surface area contributed by atoms with Crippen molar-refractivity contribution in [2.75, 3.05) is 5.73 Å². The topological polar surface area (TPSA) is 92.5 Å². The lowest BCUT2D eigenvalue weighted by molar-refractivity contribution is 0.422. The Morgan fingerprint density at radius 1 is 1.20 bits per heavy atom. The molecule has 1 aromatic heterocycles. The van der Waals surface area contributed by atoms with Gasteiger partial charge in [0.2, 0.25) is 5.88 Å². The lowest BCUT2D eigenvalue weighted by atomic mass is 10.1. The van der Waals surface area contributed by atoms with Crippen molar-refractivity contribution in [1.29, 1.82) is 0 Å². The Balaban J connectivity index is 2.64. The SMILES string of the molecule is Nc1oncc1-c1cc(O)c(F)cc1O. The number of aromatic hydroxyl groups is 2. The number of halogens is 1. The van der Waals surface area contributed by atoms with E-state index in [1.165, 1.54) is 6.20 Å². The van der Waals surface area contributed by atoms with Gasteiger partial charge in [-0.1, -0.05) is 5.16 Å². The zero-order chi connectivity index (χ0) is 11.0. The highest BCUT2D eigenvalue weighted by molar-refractivity contribution is 5.77. The summed E-state index contributed by atoms with van der Waals surface area (Å²) in [5.41, 5.74) is 5.87. The Hall–Kier alpha value is -2.24. The smallest absolute Gasteiger partial charge is 0.230 e. The van der Waals surface area contributed by atoms with Crippen molar-refractivity contribution >= 4 is 5.88 Å². The molecule has 0 aliphatic heterocycles. The average Bonchev–Trinajstić information content (AvgIpc) is 2.58. The number of phenolic OH excluding ortho intramolecular Hbond substituents is 2. The molecule has 0 saturated heterocycles. The van der Waals surface area contributed by atoms with Gasteiger partial charge in [0.25, 0.3) is 0 Å². The maximum absolute atomic E-state index is 12.8. The monoisotopic (exact) mass is 210 g/mol. The minimum atomic E-state index is -0.911. The highest BCUT2D eigenvalue weighted by Gasteiger charge is 2.14. The highest BCUT2D eigenvalue weighted by atomic mass is 19.1. The third-order valence-electron chi connectivity index (χ3n) is 1.95. The number of aromatic nitrogens is 1. The molecule has 0 aliphatic carbocycles. The van der Waals surface area contributed by atoms with E-state index in [0.717, 1.165) is 12.1 Å². The fourth-order valence-electron chi connectivity index (χ4n) is 1.22. The molecule has 0 aliphatic rings. The van der Waals surface area contributed by atoms with Gasteiger partial charge < -0.3 is 20.5 Å². The molecule has 4 N–H and O–H groups in total. The van der Waals surface area contributed by atoms with E-state index in [0.29, 0.717) is 5.56 Å². The second kappa shape index (κ2) is 3.16. The maximum atomic E-state index is 12.8. The summed E-state index contributed by atoms with van der Waals surface area (Å²) in [5, 5.41) is 22.0. The summed E-state index contributed by atoms with van der Waals surface area (Å²) in [7, 11) is 0. The van der Waals surface area contributed by atoms with Crippen molar-refractivity contribution in [3.8, 4) is 22.6 Å². The van der Waals surface area contributed by atoms with Crippen molar-refractivity contribution < 1.29 is 19.1 Å². The Kier molecular flexibility index (Phi) is 1.96. The van der Waals surface area contributed by atoms with Crippen LogP contribution in [0.1, 0.15) is 0 Å². The number of anilines is 1. The molecule has 5 nitrogen and oxygen atoms in total. The van der Waals surface area contributed by atoms with E-state index in [4.69, 9.17) is 10.8 Å². The molecule has 1 aromatic carbocycles. The Morgan fingerprint density at radius 2 is 1.93 bits per heavy atom. The molecule has 0 fully saturated rings. The first kappa shape index (κ1) is 9.32. The third kappa shape index (κ3) is 1.45. The van der Waals surface area contributed by atoms with Crippen molar-refractivity contribution in [2.45, 2.75) is 0 Å². The molecule has 1 heterocycles. The third-order valence-corrected chi connectivity index (χ3v) is 1.95. The van der Waals surface area contributed by atoms with Gasteiger partial charge in [0.1, 0.15) is 5.75 Å². The molecule has 0 saturated carbocycles. The van der Waals surface area contributed by atoms with Crippen LogP contribution in [0, 0.1) is 5.82 Å². The molecule has 0 unspecified atom stereocenters. The minimum Gasteiger partial charge on any atom is -0.507 e. The van der Waals surface area contributed by atoms with E-state index in [9.17, 15) is 9.50 Å². The zero-order valence-corrected chi connectivity index (χ0v) is 7.44. The largest absolute Gasteiger partial charge is 0.507 e. The van der Waals surface area contributed by atoms with Crippen molar-refractivity contribution in [3.63, 3.8) is 0 Å². The molecule has 0 amide bonds. The van der Waals surface area contributed by atoms with Crippen LogP contribution < -0.4 is 5.73 Å². The van der Waals surface area contributed by atoms with E-state index in [1.54, 1.807) is 0 Å². The van der Waals surface area contributed by atoms with E-state index in [-0.39, 0.29) is 17.2 Å². The Morgan fingerprint density at radius 3 is 2.53 bits per heavy atom. The van der Waals surface area contributed by atoms with Gasteiger partial charge in [0.05, 0.1) is 11.8 Å². The van der Waals surface area contributed by atoms with Gasteiger partial charge in [0.15, 0.2) is 11.6 Å². The lowest BCUT2D eigenvalue weighted by Crippen LogP contribution is -1.86. The fraction of sp³-hybridized carbons (Fsp3) is 0. The van der Waals surface area contributed by atoms with Gasteiger partial charge in [-0.3, -0.25) is 0 Å².